The number of carbonyl (C=O) groups excluding carboxylic acids is 1. The minimum Gasteiger partial charge on any atom is -0.378 e. The van der Waals surface area contributed by atoms with Gasteiger partial charge in [-0.05, 0) is 37.8 Å². The summed E-state index contributed by atoms with van der Waals surface area (Å²) in [6, 6.07) is 6.07. The molecule has 1 aromatic rings. The van der Waals surface area contributed by atoms with Crippen molar-refractivity contribution < 1.29 is 17.9 Å². The molecular formula is C19H27N3O4S. The molecule has 0 spiro atoms. The second-order valence-electron chi connectivity index (χ2n) is 7.25. The summed E-state index contributed by atoms with van der Waals surface area (Å²) in [5.41, 5.74) is 0.519. The number of amidine groups is 1. The maximum Gasteiger partial charge on any atom is 0.263 e. The molecule has 0 saturated carbocycles. The van der Waals surface area contributed by atoms with Crippen LogP contribution in [0.5, 0.6) is 0 Å². The fourth-order valence-electron chi connectivity index (χ4n) is 3.52. The Balaban J connectivity index is 1.81. The lowest BCUT2D eigenvalue weighted by molar-refractivity contribution is -0.136. The minimum absolute atomic E-state index is 0.0492. The molecule has 2 aliphatic rings. The number of ether oxygens (including phenoxy) is 1. The summed E-state index contributed by atoms with van der Waals surface area (Å²) < 4.78 is 32.7. The number of hydrogen-bond donors (Lipinski definition) is 1. The summed E-state index contributed by atoms with van der Waals surface area (Å²) in [5.74, 6) is 0.143. The predicted octanol–water partition coefficient (Wildman–Crippen LogP) is 1.78. The Kier molecular flexibility index (Phi) is 5.86. The van der Waals surface area contributed by atoms with Crippen molar-refractivity contribution in [1.29, 1.82) is 0 Å². The van der Waals surface area contributed by atoms with Gasteiger partial charge in [0.1, 0.15) is 11.9 Å². The van der Waals surface area contributed by atoms with Gasteiger partial charge in [-0.3, -0.25) is 14.5 Å². The molecule has 8 heteroatoms. The van der Waals surface area contributed by atoms with Gasteiger partial charge in [-0.1, -0.05) is 26.0 Å². The number of sulfonamides is 1. The number of amides is 1. The van der Waals surface area contributed by atoms with Crippen molar-refractivity contribution in [3.63, 3.8) is 0 Å². The Morgan fingerprint density at radius 2 is 1.96 bits per heavy atom. The number of hydrogen-bond acceptors (Lipinski definition) is 5. The number of piperidine rings is 1. The average molecular weight is 394 g/mol. The summed E-state index contributed by atoms with van der Waals surface area (Å²) in [5, 5.41) is 0. The van der Waals surface area contributed by atoms with Crippen LogP contribution in [0.3, 0.4) is 0 Å². The van der Waals surface area contributed by atoms with Crippen LogP contribution in [0.15, 0.2) is 34.2 Å². The van der Waals surface area contributed by atoms with E-state index in [0.29, 0.717) is 25.3 Å². The van der Waals surface area contributed by atoms with Crippen molar-refractivity contribution in [2.24, 2.45) is 10.9 Å². The third-order valence-corrected chi connectivity index (χ3v) is 6.37. The number of likely N-dealkylation sites (tertiary alicyclic amines) is 1. The second kappa shape index (κ2) is 7.98. The van der Waals surface area contributed by atoms with Crippen molar-refractivity contribution in [2.75, 3.05) is 19.7 Å². The van der Waals surface area contributed by atoms with Crippen molar-refractivity contribution in [3.05, 3.63) is 29.8 Å². The Morgan fingerprint density at radius 3 is 2.59 bits per heavy atom. The molecule has 2 aliphatic heterocycles. The first-order valence-corrected chi connectivity index (χ1v) is 10.9. The standard InChI is InChI=1S/C19H27N3O4S/c1-4-26-14-9-11-22(12-10-14)19(23)17(13(2)3)20-18-15-7-5-6-8-16(15)27(24,25)21-18/h5-8,13-14,17H,4,9-12H2,1-3H3,(H,20,21)/t17-/m0/s1. The van der Waals surface area contributed by atoms with Gasteiger partial charge in [0, 0.05) is 25.3 Å². The number of fused-ring (bicyclic) bond motifs is 1. The van der Waals surface area contributed by atoms with Crippen molar-refractivity contribution in [3.8, 4) is 0 Å². The van der Waals surface area contributed by atoms with E-state index < -0.39 is 16.1 Å². The maximum absolute atomic E-state index is 13.1. The summed E-state index contributed by atoms with van der Waals surface area (Å²) in [7, 11) is -3.61. The smallest absolute Gasteiger partial charge is 0.263 e. The molecule has 1 fully saturated rings. The Hall–Kier alpha value is -1.93. The van der Waals surface area contributed by atoms with E-state index in [-0.39, 0.29) is 28.7 Å². The Labute approximate surface area is 160 Å². The lowest BCUT2D eigenvalue weighted by Gasteiger charge is -2.34. The normalized spacial score (nSPS) is 21.9. The number of nitrogens with zero attached hydrogens (tertiary/aromatic N) is 2. The highest BCUT2D eigenvalue weighted by Crippen LogP contribution is 2.24. The van der Waals surface area contributed by atoms with Crippen LogP contribution >= 0.6 is 0 Å². The number of carbonyl (C=O) groups is 1. The summed E-state index contributed by atoms with van der Waals surface area (Å²) in [6.45, 7) is 7.78. The first-order valence-electron chi connectivity index (χ1n) is 9.44. The van der Waals surface area contributed by atoms with Crippen LogP contribution < -0.4 is 4.72 Å². The second-order valence-corrected chi connectivity index (χ2v) is 8.90. The number of nitrogens with one attached hydrogen (secondary N) is 1. The fraction of sp³-hybridized carbons (Fsp3) is 0.579. The first kappa shape index (κ1) is 19.8. The molecule has 1 aromatic carbocycles. The van der Waals surface area contributed by atoms with Crippen LogP contribution in [0.1, 0.15) is 39.2 Å². The molecule has 148 valence electrons. The van der Waals surface area contributed by atoms with E-state index in [4.69, 9.17) is 4.74 Å². The van der Waals surface area contributed by atoms with Gasteiger partial charge < -0.3 is 9.64 Å². The molecule has 0 aliphatic carbocycles. The van der Waals surface area contributed by atoms with Crippen LogP contribution in [0.2, 0.25) is 0 Å². The highest BCUT2D eigenvalue weighted by Gasteiger charge is 2.34. The molecule has 2 heterocycles. The van der Waals surface area contributed by atoms with Crippen LogP contribution in [-0.2, 0) is 19.6 Å². The lowest BCUT2D eigenvalue weighted by Crippen LogP contribution is -2.46. The molecule has 0 aromatic heterocycles. The third kappa shape index (κ3) is 4.16. The van der Waals surface area contributed by atoms with Gasteiger partial charge in [0.05, 0.1) is 11.0 Å². The first-order chi connectivity index (χ1) is 12.8. The molecular weight excluding hydrogens is 366 g/mol. The zero-order valence-corrected chi connectivity index (χ0v) is 16.8. The van der Waals surface area contributed by atoms with Crippen molar-refractivity contribution in [1.82, 2.24) is 9.62 Å². The van der Waals surface area contributed by atoms with Gasteiger partial charge >= 0.3 is 0 Å². The van der Waals surface area contributed by atoms with E-state index in [0.717, 1.165) is 12.8 Å². The highest BCUT2D eigenvalue weighted by atomic mass is 32.2. The van der Waals surface area contributed by atoms with Gasteiger partial charge in [-0.15, -0.1) is 0 Å². The van der Waals surface area contributed by atoms with Crippen molar-refractivity contribution >= 4 is 21.8 Å². The van der Waals surface area contributed by atoms with Gasteiger partial charge in [0.15, 0.2) is 0 Å². The third-order valence-electron chi connectivity index (χ3n) is 4.97. The monoisotopic (exact) mass is 393 g/mol. The topological polar surface area (TPSA) is 88.1 Å². The van der Waals surface area contributed by atoms with Crippen LogP contribution in [0.25, 0.3) is 0 Å². The number of rotatable bonds is 5. The van der Waals surface area contributed by atoms with Crippen LogP contribution in [0.4, 0.5) is 0 Å². The van der Waals surface area contributed by atoms with E-state index in [1.807, 2.05) is 25.7 Å². The van der Waals surface area contributed by atoms with Crippen molar-refractivity contribution in [2.45, 2.75) is 50.7 Å². The Bertz CT molecular complexity index is 827. The summed E-state index contributed by atoms with van der Waals surface area (Å²) in [4.78, 5) is 19.6. The summed E-state index contributed by atoms with van der Waals surface area (Å²) >= 11 is 0. The van der Waals surface area contributed by atoms with E-state index >= 15 is 0 Å². The van der Waals surface area contributed by atoms with Crippen LogP contribution in [-0.4, -0.2) is 56.9 Å². The molecule has 0 unspecified atom stereocenters. The maximum atomic E-state index is 13.1. The molecule has 1 atom stereocenters. The zero-order chi connectivity index (χ0) is 19.6. The zero-order valence-electron chi connectivity index (χ0n) is 16.0. The average Bonchev–Trinajstić information content (AvgIpc) is 2.90. The number of benzene rings is 1. The minimum atomic E-state index is -3.61. The number of aliphatic imine (C=N–C) groups is 1. The van der Waals surface area contributed by atoms with E-state index in [9.17, 15) is 13.2 Å². The fourth-order valence-corrected chi connectivity index (χ4v) is 4.76. The van der Waals surface area contributed by atoms with E-state index in [1.165, 1.54) is 0 Å². The molecule has 1 N–H and O–H groups in total. The van der Waals surface area contributed by atoms with Gasteiger partial charge in [-0.2, -0.15) is 0 Å². The largest absolute Gasteiger partial charge is 0.378 e. The molecule has 0 bridgehead atoms. The van der Waals surface area contributed by atoms with Gasteiger partial charge in [-0.25, -0.2) is 8.42 Å². The molecule has 7 nitrogen and oxygen atoms in total. The predicted molar refractivity (Wildman–Crippen MR) is 103 cm³/mol. The molecule has 0 radical (unpaired) electrons. The molecule has 27 heavy (non-hydrogen) atoms. The highest BCUT2D eigenvalue weighted by molar-refractivity contribution is 7.90. The van der Waals surface area contributed by atoms with E-state index in [1.54, 1.807) is 24.3 Å². The summed E-state index contributed by atoms with van der Waals surface area (Å²) in [6.07, 6.45) is 1.84. The van der Waals surface area contributed by atoms with Gasteiger partial charge in [0.25, 0.3) is 10.0 Å². The van der Waals surface area contributed by atoms with E-state index in [2.05, 4.69) is 9.71 Å². The molecule has 1 amide bonds. The van der Waals surface area contributed by atoms with Gasteiger partial charge in [0.2, 0.25) is 5.91 Å². The lowest BCUT2D eigenvalue weighted by atomic mass is 10.0. The Morgan fingerprint density at radius 1 is 1.30 bits per heavy atom. The quantitative estimate of drug-likeness (QED) is 0.826. The SMILES string of the molecule is CCOC1CCN(C(=O)[C@@H](N=C2NS(=O)(=O)c3ccccc32)C(C)C)CC1. The molecule has 1 saturated heterocycles. The van der Waals surface area contributed by atoms with Crippen LogP contribution in [0, 0.1) is 5.92 Å². The molecule has 3 rings (SSSR count).